The molecule has 0 saturated heterocycles. The Balaban J connectivity index is 1.88. The number of rotatable bonds is 4. The molecule has 0 radical (unpaired) electrons. The lowest BCUT2D eigenvalue weighted by Gasteiger charge is -2.17. The molecule has 2 rings (SSSR count). The number of hydrogen-bond acceptors (Lipinski definition) is 3. The molecule has 4 heteroatoms. The summed E-state index contributed by atoms with van der Waals surface area (Å²) in [6, 6.07) is 0. The number of amides is 1. The molecule has 0 aromatic heterocycles. The van der Waals surface area contributed by atoms with Gasteiger partial charge in [-0.3, -0.25) is 14.7 Å². The lowest BCUT2D eigenvalue weighted by atomic mass is 10.2. The van der Waals surface area contributed by atoms with Gasteiger partial charge >= 0.3 is 0 Å². The van der Waals surface area contributed by atoms with Crippen molar-refractivity contribution in [3.05, 3.63) is 0 Å². The predicted molar refractivity (Wildman–Crippen MR) is 55.0 cm³/mol. The summed E-state index contributed by atoms with van der Waals surface area (Å²) in [6.45, 7) is 2.10. The van der Waals surface area contributed by atoms with Crippen LogP contribution >= 0.6 is 0 Å². The minimum Gasteiger partial charge on any atom is -0.330 e. The van der Waals surface area contributed by atoms with Crippen LogP contribution in [0.2, 0.25) is 0 Å². The van der Waals surface area contributed by atoms with E-state index in [0.717, 1.165) is 25.3 Å². The van der Waals surface area contributed by atoms with Crippen molar-refractivity contribution in [1.29, 1.82) is 0 Å². The van der Waals surface area contributed by atoms with Crippen LogP contribution in [0.15, 0.2) is 4.99 Å². The number of amidine groups is 1. The third-order valence-electron chi connectivity index (χ3n) is 2.76. The molecule has 0 spiro atoms. The smallest absolute Gasteiger partial charge is 0.228 e. The van der Waals surface area contributed by atoms with Gasteiger partial charge in [0.2, 0.25) is 5.91 Å². The Morgan fingerprint density at radius 1 is 1.57 bits per heavy atom. The quantitative estimate of drug-likeness (QED) is 0.705. The molecule has 4 nitrogen and oxygen atoms in total. The highest BCUT2D eigenvalue weighted by Crippen LogP contribution is 2.33. The van der Waals surface area contributed by atoms with Crippen molar-refractivity contribution in [2.45, 2.75) is 25.7 Å². The van der Waals surface area contributed by atoms with E-state index in [2.05, 4.69) is 4.99 Å². The highest BCUT2D eigenvalue weighted by molar-refractivity contribution is 5.99. The molecule has 0 atom stereocenters. The van der Waals surface area contributed by atoms with Gasteiger partial charge in [-0.2, -0.15) is 0 Å². The molecule has 2 N–H and O–H groups in total. The van der Waals surface area contributed by atoms with Gasteiger partial charge in [-0.1, -0.05) is 0 Å². The first kappa shape index (κ1) is 9.65. The molecule has 1 amide bonds. The van der Waals surface area contributed by atoms with Crippen LogP contribution in [0.25, 0.3) is 0 Å². The summed E-state index contributed by atoms with van der Waals surface area (Å²) in [5, 5.41) is 0. The second kappa shape index (κ2) is 4.09. The fourth-order valence-corrected chi connectivity index (χ4v) is 1.78. The van der Waals surface area contributed by atoms with E-state index in [1.165, 1.54) is 12.8 Å². The molecular weight excluding hydrogens is 178 g/mol. The first-order chi connectivity index (χ1) is 6.81. The second-order valence-corrected chi connectivity index (χ2v) is 4.03. The van der Waals surface area contributed by atoms with E-state index < -0.39 is 0 Å². The highest BCUT2D eigenvalue weighted by atomic mass is 16.2. The van der Waals surface area contributed by atoms with E-state index in [-0.39, 0.29) is 5.91 Å². The van der Waals surface area contributed by atoms with Gasteiger partial charge in [0.15, 0.2) is 0 Å². The number of hydrogen-bond donors (Lipinski definition) is 1. The van der Waals surface area contributed by atoms with Gasteiger partial charge in [-0.25, -0.2) is 0 Å². The Hall–Kier alpha value is -0.900. The van der Waals surface area contributed by atoms with Crippen molar-refractivity contribution in [3.8, 4) is 0 Å². The van der Waals surface area contributed by atoms with Crippen LogP contribution in [0.5, 0.6) is 0 Å². The molecule has 14 heavy (non-hydrogen) atoms. The van der Waals surface area contributed by atoms with Crippen molar-refractivity contribution >= 4 is 11.7 Å². The van der Waals surface area contributed by atoms with Crippen molar-refractivity contribution < 1.29 is 4.79 Å². The standard InChI is InChI=1S/C10H17N3O/c11-4-3-9-12-5-6-13(9)10(14)7-8-1-2-8/h8H,1-7,11H2. The average Bonchev–Trinajstić information content (AvgIpc) is 2.83. The lowest BCUT2D eigenvalue weighted by Crippen LogP contribution is -2.35. The molecule has 1 aliphatic carbocycles. The summed E-state index contributed by atoms with van der Waals surface area (Å²) in [5.74, 6) is 1.80. The minimum atomic E-state index is 0.247. The van der Waals surface area contributed by atoms with Crippen molar-refractivity contribution in [2.24, 2.45) is 16.6 Å². The van der Waals surface area contributed by atoms with Crippen LogP contribution in [0.3, 0.4) is 0 Å². The molecule has 0 unspecified atom stereocenters. The number of nitrogens with two attached hydrogens (primary N) is 1. The van der Waals surface area contributed by atoms with Gasteiger partial charge in [0.05, 0.1) is 6.54 Å². The van der Waals surface area contributed by atoms with Crippen molar-refractivity contribution in [1.82, 2.24) is 4.90 Å². The van der Waals surface area contributed by atoms with E-state index in [0.29, 0.717) is 18.9 Å². The largest absolute Gasteiger partial charge is 0.330 e. The molecule has 1 aliphatic heterocycles. The fourth-order valence-electron chi connectivity index (χ4n) is 1.78. The first-order valence-electron chi connectivity index (χ1n) is 5.35. The van der Waals surface area contributed by atoms with Crippen LogP contribution in [0.4, 0.5) is 0 Å². The first-order valence-corrected chi connectivity index (χ1v) is 5.35. The summed E-state index contributed by atoms with van der Waals surface area (Å²) >= 11 is 0. The van der Waals surface area contributed by atoms with Crippen LogP contribution in [0.1, 0.15) is 25.7 Å². The Morgan fingerprint density at radius 3 is 3.00 bits per heavy atom. The predicted octanol–water partition coefficient (Wildman–Crippen LogP) is 0.376. The highest BCUT2D eigenvalue weighted by Gasteiger charge is 2.29. The summed E-state index contributed by atoms with van der Waals surface area (Å²) < 4.78 is 0. The molecule has 0 aromatic rings. The molecule has 2 aliphatic rings. The van der Waals surface area contributed by atoms with Crippen molar-refractivity contribution in [2.75, 3.05) is 19.6 Å². The van der Waals surface area contributed by atoms with Crippen LogP contribution in [-0.2, 0) is 4.79 Å². The van der Waals surface area contributed by atoms with Crippen LogP contribution < -0.4 is 5.73 Å². The van der Waals surface area contributed by atoms with E-state index in [9.17, 15) is 4.79 Å². The van der Waals surface area contributed by atoms with E-state index in [1.54, 1.807) is 0 Å². The van der Waals surface area contributed by atoms with E-state index >= 15 is 0 Å². The third-order valence-corrected chi connectivity index (χ3v) is 2.76. The zero-order chi connectivity index (χ0) is 9.97. The summed E-state index contributed by atoms with van der Waals surface area (Å²) in [4.78, 5) is 17.9. The Morgan fingerprint density at radius 2 is 2.36 bits per heavy atom. The van der Waals surface area contributed by atoms with Gasteiger partial charge < -0.3 is 5.73 Å². The van der Waals surface area contributed by atoms with E-state index in [4.69, 9.17) is 5.73 Å². The Kier molecular flexibility index (Phi) is 2.82. The molecule has 78 valence electrons. The SMILES string of the molecule is NCCC1=NCCN1C(=O)CC1CC1. The topological polar surface area (TPSA) is 58.7 Å². The zero-order valence-corrected chi connectivity index (χ0v) is 8.41. The summed E-state index contributed by atoms with van der Waals surface area (Å²) in [6.07, 6.45) is 3.89. The molecule has 1 saturated carbocycles. The zero-order valence-electron chi connectivity index (χ0n) is 8.41. The monoisotopic (exact) mass is 195 g/mol. The Labute approximate surface area is 84.2 Å². The van der Waals surface area contributed by atoms with Gasteiger partial charge in [-0.15, -0.1) is 0 Å². The number of nitrogens with zero attached hydrogens (tertiary/aromatic N) is 2. The second-order valence-electron chi connectivity index (χ2n) is 4.03. The van der Waals surface area contributed by atoms with Gasteiger partial charge in [0, 0.05) is 19.4 Å². The van der Waals surface area contributed by atoms with Gasteiger partial charge in [0.25, 0.3) is 0 Å². The number of carbonyl (C=O) groups excluding carboxylic acids is 1. The Bertz CT molecular complexity index is 258. The maximum Gasteiger partial charge on any atom is 0.228 e. The van der Waals surface area contributed by atoms with Gasteiger partial charge in [-0.05, 0) is 25.3 Å². The van der Waals surface area contributed by atoms with Crippen LogP contribution in [0, 0.1) is 5.92 Å². The molecule has 0 aromatic carbocycles. The van der Waals surface area contributed by atoms with Gasteiger partial charge in [0.1, 0.15) is 5.84 Å². The number of carbonyl (C=O) groups is 1. The van der Waals surface area contributed by atoms with Crippen molar-refractivity contribution in [3.63, 3.8) is 0 Å². The average molecular weight is 195 g/mol. The minimum absolute atomic E-state index is 0.247. The molecule has 0 bridgehead atoms. The summed E-state index contributed by atoms with van der Waals surface area (Å²) in [5.41, 5.74) is 5.47. The summed E-state index contributed by atoms with van der Waals surface area (Å²) in [7, 11) is 0. The van der Waals surface area contributed by atoms with Crippen LogP contribution in [-0.4, -0.2) is 36.3 Å². The maximum absolute atomic E-state index is 11.8. The normalized spacial score (nSPS) is 21.2. The lowest BCUT2D eigenvalue weighted by molar-refractivity contribution is -0.127. The fraction of sp³-hybridized carbons (Fsp3) is 0.800. The number of aliphatic imine (C=N–C) groups is 1. The maximum atomic E-state index is 11.8. The molecule has 1 fully saturated rings. The van der Waals surface area contributed by atoms with E-state index in [1.807, 2.05) is 4.90 Å². The molecule has 1 heterocycles. The third kappa shape index (κ3) is 2.12. The molecular formula is C10H17N3O.